The predicted octanol–water partition coefficient (Wildman–Crippen LogP) is -0.950. The summed E-state index contributed by atoms with van der Waals surface area (Å²) in [4.78, 5) is 13.5. The fourth-order valence-electron chi connectivity index (χ4n) is 2.71. The first-order valence-electron chi connectivity index (χ1n) is 7.53. The molecule has 0 atom stereocenters. The summed E-state index contributed by atoms with van der Waals surface area (Å²) in [6, 6.07) is 6.90. The Labute approximate surface area is 148 Å². The lowest BCUT2D eigenvalue weighted by molar-refractivity contribution is -0.909. The molecule has 0 radical (unpaired) electrons. The van der Waals surface area contributed by atoms with Crippen LogP contribution in [0.1, 0.15) is 13.3 Å². The molecule has 0 bridgehead atoms. The third-order valence-electron chi connectivity index (χ3n) is 4.17. The van der Waals surface area contributed by atoms with Crippen LogP contribution in [0.25, 0.3) is 0 Å². The molecule has 0 aliphatic carbocycles. The SMILES string of the molecule is CCOC(=O)CC[N+]1(C)CCN(c2ccccc2F)CC1.[I-]. The van der Waals surface area contributed by atoms with E-state index >= 15 is 0 Å². The van der Waals surface area contributed by atoms with Gasteiger partial charge < -0.3 is 38.1 Å². The van der Waals surface area contributed by atoms with Gasteiger partial charge in [-0.05, 0) is 19.1 Å². The van der Waals surface area contributed by atoms with Gasteiger partial charge in [-0.15, -0.1) is 0 Å². The summed E-state index contributed by atoms with van der Waals surface area (Å²) >= 11 is 0. The highest BCUT2D eigenvalue weighted by Gasteiger charge is 2.30. The van der Waals surface area contributed by atoms with Crippen LogP contribution in [-0.2, 0) is 9.53 Å². The molecule has 2 rings (SSSR count). The summed E-state index contributed by atoms with van der Waals surface area (Å²) in [5, 5.41) is 0. The molecule has 1 saturated heterocycles. The number of likely N-dealkylation sites (N-methyl/N-ethyl adjacent to an activating group) is 1. The molecule has 1 heterocycles. The van der Waals surface area contributed by atoms with E-state index in [2.05, 4.69) is 11.9 Å². The Morgan fingerprint density at radius 2 is 1.95 bits per heavy atom. The minimum absolute atomic E-state index is 0. The van der Waals surface area contributed by atoms with Crippen LogP contribution in [0.2, 0.25) is 0 Å². The van der Waals surface area contributed by atoms with E-state index in [1.807, 2.05) is 19.1 Å². The first kappa shape index (κ1) is 19.2. The van der Waals surface area contributed by atoms with E-state index in [1.54, 1.807) is 6.07 Å². The van der Waals surface area contributed by atoms with Crippen LogP contribution in [0.3, 0.4) is 0 Å². The molecule has 0 amide bonds. The number of nitrogens with zero attached hydrogens (tertiary/aromatic N) is 2. The molecule has 0 saturated carbocycles. The number of benzene rings is 1. The Hall–Kier alpha value is -0.890. The summed E-state index contributed by atoms with van der Waals surface area (Å²) in [7, 11) is 2.15. The minimum atomic E-state index is -0.167. The first-order valence-corrected chi connectivity index (χ1v) is 7.53. The number of piperazine rings is 1. The number of quaternary nitrogens is 1. The standard InChI is InChI=1S/C16H24FN2O2.HI/c1-3-21-16(20)8-11-19(2)12-9-18(10-13-19)15-7-5-4-6-14(15)17;/h4-7H,3,8-13H2,1-2H3;1H/q+1;/p-1. The van der Waals surface area contributed by atoms with Gasteiger partial charge in [-0.3, -0.25) is 4.79 Å². The summed E-state index contributed by atoms with van der Waals surface area (Å²) in [5.74, 6) is -0.298. The monoisotopic (exact) mass is 422 g/mol. The Balaban J connectivity index is 0.00000242. The van der Waals surface area contributed by atoms with Crippen molar-refractivity contribution >= 4 is 11.7 Å². The van der Waals surface area contributed by atoms with Crippen LogP contribution in [0, 0.1) is 5.82 Å². The molecule has 0 unspecified atom stereocenters. The fraction of sp³-hybridized carbons (Fsp3) is 0.562. The number of esters is 1. The van der Waals surface area contributed by atoms with Crippen LogP contribution in [0.4, 0.5) is 10.1 Å². The lowest BCUT2D eigenvalue weighted by Gasteiger charge is -2.42. The zero-order chi connectivity index (χ0) is 15.3. The number of hydrogen-bond donors (Lipinski definition) is 0. The van der Waals surface area contributed by atoms with Crippen molar-refractivity contribution < 1.29 is 42.4 Å². The lowest BCUT2D eigenvalue weighted by Crippen LogP contribution is -3.00. The molecule has 6 heteroatoms. The molecule has 1 fully saturated rings. The Morgan fingerprint density at radius 1 is 1.32 bits per heavy atom. The molecule has 124 valence electrons. The van der Waals surface area contributed by atoms with Crippen molar-refractivity contribution in [1.82, 2.24) is 0 Å². The highest BCUT2D eigenvalue weighted by molar-refractivity contribution is 5.69. The number of rotatable bonds is 5. The van der Waals surface area contributed by atoms with Crippen LogP contribution >= 0.6 is 0 Å². The third kappa shape index (κ3) is 5.08. The fourth-order valence-corrected chi connectivity index (χ4v) is 2.71. The van der Waals surface area contributed by atoms with Crippen molar-refractivity contribution in [2.24, 2.45) is 0 Å². The predicted molar refractivity (Wildman–Crippen MR) is 80.6 cm³/mol. The summed E-state index contributed by atoms with van der Waals surface area (Å²) in [6.07, 6.45) is 0.448. The van der Waals surface area contributed by atoms with E-state index in [0.29, 0.717) is 18.7 Å². The molecular weight excluding hydrogens is 398 g/mol. The maximum absolute atomic E-state index is 13.8. The molecule has 1 aromatic carbocycles. The zero-order valence-electron chi connectivity index (χ0n) is 13.2. The number of halogens is 2. The minimum Gasteiger partial charge on any atom is -1.00 e. The zero-order valence-corrected chi connectivity index (χ0v) is 15.4. The van der Waals surface area contributed by atoms with E-state index < -0.39 is 0 Å². The van der Waals surface area contributed by atoms with E-state index in [9.17, 15) is 9.18 Å². The summed E-state index contributed by atoms with van der Waals surface area (Å²) in [5.41, 5.74) is 0.675. The van der Waals surface area contributed by atoms with Crippen molar-refractivity contribution in [3.8, 4) is 0 Å². The van der Waals surface area contributed by atoms with Gasteiger partial charge >= 0.3 is 5.97 Å². The maximum Gasteiger partial charge on any atom is 0.311 e. The quantitative estimate of drug-likeness (QED) is 0.348. The number of para-hydroxylation sites is 1. The van der Waals surface area contributed by atoms with Crippen LogP contribution in [0.5, 0.6) is 0 Å². The van der Waals surface area contributed by atoms with Gasteiger partial charge in [0.05, 0.1) is 58.5 Å². The highest BCUT2D eigenvalue weighted by atomic mass is 127. The Bertz CT molecular complexity index is 491. The van der Waals surface area contributed by atoms with Gasteiger partial charge in [-0.2, -0.15) is 0 Å². The van der Waals surface area contributed by atoms with E-state index in [4.69, 9.17) is 4.74 Å². The van der Waals surface area contributed by atoms with Gasteiger partial charge in [0.2, 0.25) is 0 Å². The Morgan fingerprint density at radius 3 is 2.55 bits per heavy atom. The Kier molecular flexibility index (Phi) is 7.55. The topological polar surface area (TPSA) is 29.5 Å². The van der Waals surface area contributed by atoms with Crippen LogP contribution in [-0.4, -0.2) is 56.8 Å². The van der Waals surface area contributed by atoms with Gasteiger partial charge in [0.1, 0.15) is 5.82 Å². The van der Waals surface area contributed by atoms with Crippen molar-refractivity contribution in [2.75, 3.05) is 51.3 Å². The van der Waals surface area contributed by atoms with Crippen LogP contribution < -0.4 is 28.9 Å². The molecule has 4 nitrogen and oxygen atoms in total. The van der Waals surface area contributed by atoms with Gasteiger partial charge in [0.25, 0.3) is 0 Å². The molecule has 1 aromatic rings. The second-order valence-electron chi connectivity index (χ2n) is 5.78. The van der Waals surface area contributed by atoms with E-state index in [0.717, 1.165) is 37.2 Å². The van der Waals surface area contributed by atoms with Crippen molar-refractivity contribution in [3.63, 3.8) is 0 Å². The number of carbonyl (C=O) groups is 1. The maximum atomic E-state index is 13.8. The summed E-state index contributed by atoms with van der Waals surface area (Å²) in [6.45, 7) is 6.47. The molecular formula is C16H24FIN2O2. The van der Waals surface area contributed by atoms with Crippen LogP contribution in [0.15, 0.2) is 24.3 Å². The smallest absolute Gasteiger partial charge is 0.311 e. The number of anilines is 1. The second kappa shape index (κ2) is 8.67. The van der Waals surface area contributed by atoms with Crippen molar-refractivity contribution in [1.29, 1.82) is 0 Å². The third-order valence-corrected chi connectivity index (χ3v) is 4.17. The first-order chi connectivity index (χ1) is 10.0. The molecule has 0 spiro atoms. The molecule has 1 aliphatic heterocycles. The van der Waals surface area contributed by atoms with Gasteiger partial charge in [0, 0.05) is 0 Å². The second-order valence-corrected chi connectivity index (χ2v) is 5.78. The van der Waals surface area contributed by atoms with Gasteiger partial charge in [-0.1, -0.05) is 12.1 Å². The summed E-state index contributed by atoms with van der Waals surface area (Å²) < 4.78 is 19.6. The normalized spacial score (nSPS) is 16.8. The van der Waals surface area contributed by atoms with Crippen molar-refractivity contribution in [2.45, 2.75) is 13.3 Å². The number of carbonyl (C=O) groups excluding carboxylic acids is 1. The molecule has 0 N–H and O–H groups in total. The molecule has 1 aliphatic rings. The van der Waals surface area contributed by atoms with Crippen molar-refractivity contribution in [3.05, 3.63) is 30.1 Å². The molecule has 0 aromatic heterocycles. The highest BCUT2D eigenvalue weighted by Crippen LogP contribution is 2.22. The average Bonchev–Trinajstić information content (AvgIpc) is 2.47. The largest absolute Gasteiger partial charge is 1.00 e. The number of hydrogen-bond acceptors (Lipinski definition) is 3. The number of ether oxygens (including phenoxy) is 1. The van der Waals surface area contributed by atoms with E-state index in [-0.39, 0.29) is 35.8 Å². The molecule has 22 heavy (non-hydrogen) atoms. The lowest BCUT2D eigenvalue weighted by atomic mass is 10.2. The van der Waals surface area contributed by atoms with Gasteiger partial charge in [0.15, 0.2) is 0 Å². The van der Waals surface area contributed by atoms with Gasteiger partial charge in [-0.25, -0.2) is 4.39 Å². The van der Waals surface area contributed by atoms with E-state index in [1.165, 1.54) is 6.07 Å². The average molecular weight is 422 g/mol.